The van der Waals surface area contributed by atoms with Crippen LogP contribution in [0, 0.1) is 0 Å². The van der Waals surface area contributed by atoms with E-state index in [4.69, 9.17) is 0 Å². The van der Waals surface area contributed by atoms with E-state index in [-0.39, 0.29) is 46.5 Å². The second kappa shape index (κ2) is 6.63. The third kappa shape index (κ3) is 3.94. The van der Waals surface area contributed by atoms with Crippen LogP contribution in [0.3, 0.4) is 0 Å². The van der Waals surface area contributed by atoms with Crippen molar-refractivity contribution in [2.75, 3.05) is 0 Å². The number of hydrogen-bond acceptors (Lipinski definition) is 0. The minimum Gasteiger partial charge on any atom is -1.00 e. The monoisotopic (exact) mass is 257 g/mol. The second-order valence-corrected chi connectivity index (χ2v) is 4.60. The molecule has 4 heteroatoms. The fraction of sp³-hybridized carbons (Fsp3) is 0.625. The molecule has 0 aliphatic carbocycles. The quantitative estimate of drug-likeness (QED) is 0.243. The average Bonchev–Trinajstić information content (AvgIpc) is 1.97. The molecule has 1 heterocycles. The zero-order chi connectivity index (χ0) is 7.07. The molecular weight excluding hydrogens is 246 g/mol. The van der Waals surface area contributed by atoms with Crippen LogP contribution in [0.4, 0.5) is 0 Å². The van der Waals surface area contributed by atoms with Crippen molar-refractivity contribution >= 4 is 14.0 Å². The van der Waals surface area contributed by atoms with Gasteiger partial charge in [-0.3, -0.25) is 0 Å². The van der Waals surface area contributed by atoms with E-state index in [1.165, 1.54) is 19.4 Å². The van der Waals surface area contributed by atoms with Crippen LogP contribution in [0.5, 0.6) is 0 Å². The predicted molar refractivity (Wildman–Crippen MR) is 44.4 cm³/mol. The van der Waals surface area contributed by atoms with E-state index in [9.17, 15) is 0 Å². The summed E-state index contributed by atoms with van der Waals surface area (Å²) in [6, 6.07) is 0. The predicted octanol–water partition coefficient (Wildman–Crippen LogP) is -3.25. The molecular formula is C8H12Cl2PTi. The van der Waals surface area contributed by atoms with E-state index in [1.807, 2.05) is 0 Å². The summed E-state index contributed by atoms with van der Waals surface area (Å²) in [6.07, 6.45) is 0. The first-order chi connectivity index (χ1) is 4.04. The molecule has 1 aliphatic rings. The SMILES string of the molecule is CC1=C(C)C(C)(C)P=[C-]1.[Cl-].[Cl-].[Ti+3]. The molecule has 1 aliphatic heterocycles. The summed E-state index contributed by atoms with van der Waals surface area (Å²) in [5, 5.41) is 0.365. The van der Waals surface area contributed by atoms with Crippen LogP contribution in [-0.4, -0.2) is 11.0 Å². The Bertz CT molecular complexity index is 197. The van der Waals surface area contributed by atoms with Crippen molar-refractivity contribution in [2.45, 2.75) is 32.9 Å². The molecule has 0 aromatic carbocycles. The minimum atomic E-state index is 0. The summed E-state index contributed by atoms with van der Waals surface area (Å²) in [5.74, 6) is 3.31. The normalized spacial score (nSPS) is 19.0. The summed E-state index contributed by atoms with van der Waals surface area (Å²) in [7, 11) is 1.33. The van der Waals surface area contributed by atoms with Crippen molar-refractivity contribution < 1.29 is 46.5 Å². The molecule has 0 nitrogen and oxygen atoms in total. The standard InChI is InChI=1S/C8H12P.2ClH.Ti/c1-6-5-9-8(3,4)7(6)2;;;/h1-4H3;2*1H;/q-1;;;+3/p-2. The molecule has 0 fully saturated rings. The molecule has 0 saturated heterocycles. The molecule has 0 aromatic rings. The molecule has 0 aromatic heterocycles. The van der Waals surface area contributed by atoms with Gasteiger partial charge in [-0.1, -0.05) is 25.9 Å². The second-order valence-electron chi connectivity index (χ2n) is 3.03. The summed E-state index contributed by atoms with van der Waals surface area (Å²) in [5.41, 5.74) is 2.84. The van der Waals surface area contributed by atoms with Crippen LogP contribution in [0.2, 0.25) is 0 Å². The third-order valence-corrected chi connectivity index (χ3v) is 3.32. The first kappa shape index (κ1) is 18.9. The van der Waals surface area contributed by atoms with Gasteiger partial charge in [0.05, 0.1) is 0 Å². The van der Waals surface area contributed by atoms with E-state index in [2.05, 4.69) is 33.5 Å². The van der Waals surface area contributed by atoms with Gasteiger partial charge in [-0.15, -0.1) is 6.92 Å². The molecule has 0 saturated carbocycles. The maximum Gasteiger partial charge on any atom is 3.00 e. The molecule has 1 rings (SSSR count). The average molecular weight is 258 g/mol. The molecule has 0 spiro atoms. The maximum atomic E-state index is 3.31. The Hall–Kier alpha value is 1.20. The van der Waals surface area contributed by atoms with Crippen LogP contribution in [0.1, 0.15) is 27.7 Å². The molecule has 0 bridgehead atoms. The Morgan fingerprint density at radius 3 is 1.67 bits per heavy atom. The smallest absolute Gasteiger partial charge is 1.00 e. The Labute approximate surface area is 104 Å². The fourth-order valence-corrected chi connectivity index (χ4v) is 1.80. The number of allylic oxidation sites excluding steroid dienone is 2. The first-order valence-electron chi connectivity index (χ1n) is 3.20. The summed E-state index contributed by atoms with van der Waals surface area (Å²) >= 11 is 0. The van der Waals surface area contributed by atoms with E-state index >= 15 is 0 Å². The van der Waals surface area contributed by atoms with E-state index in [1.54, 1.807) is 0 Å². The van der Waals surface area contributed by atoms with Gasteiger partial charge in [0.15, 0.2) is 0 Å². The number of halogens is 2. The fourth-order valence-electron chi connectivity index (χ4n) is 0.850. The van der Waals surface area contributed by atoms with Gasteiger partial charge in [0, 0.05) is 0 Å². The molecule has 12 heavy (non-hydrogen) atoms. The number of hydrogen-bond donors (Lipinski definition) is 0. The summed E-state index contributed by atoms with van der Waals surface area (Å²) in [4.78, 5) is 0. The zero-order valence-corrected chi connectivity index (χ0v) is 11.7. The molecule has 0 unspecified atom stereocenters. The van der Waals surface area contributed by atoms with Crippen LogP contribution in [0.15, 0.2) is 11.1 Å². The van der Waals surface area contributed by atoms with Crippen LogP contribution < -0.4 is 24.8 Å². The van der Waals surface area contributed by atoms with Crippen molar-refractivity contribution in [1.82, 2.24) is 0 Å². The third-order valence-electron chi connectivity index (χ3n) is 1.98. The Morgan fingerprint density at radius 2 is 1.58 bits per heavy atom. The summed E-state index contributed by atoms with van der Waals surface area (Å²) in [6.45, 7) is 8.85. The zero-order valence-electron chi connectivity index (χ0n) is 7.70. The van der Waals surface area contributed by atoms with Gasteiger partial charge in [-0.2, -0.15) is 0 Å². The minimum absolute atomic E-state index is 0. The van der Waals surface area contributed by atoms with Gasteiger partial charge >= 0.3 is 21.7 Å². The number of rotatable bonds is 0. The van der Waals surface area contributed by atoms with Gasteiger partial charge in [-0.05, 0) is 0 Å². The van der Waals surface area contributed by atoms with Crippen LogP contribution in [-0.2, 0) is 21.7 Å². The van der Waals surface area contributed by atoms with E-state index in [0.29, 0.717) is 5.16 Å². The van der Waals surface area contributed by atoms with Crippen molar-refractivity contribution in [3.05, 3.63) is 11.1 Å². The summed E-state index contributed by atoms with van der Waals surface area (Å²) < 4.78 is 0. The van der Waals surface area contributed by atoms with Gasteiger partial charge in [0.1, 0.15) is 0 Å². The van der Waals surface area contributed by atoms with Crippen molar-refractivity contribution in [1.29, 1.82) is 0 Å². The van der Waals surface area contributed by atoms with E-state index < -0.39 is 0 Å². The van der Waals surface area contributed by atoms with Gasteiger partial charge < -0.3 is 24.8 Å². The maximum absolute atomic E-state index is 3.31. The van der Waals surface area contributed by atoms with Crippen LogP contribution in [0.25, 0.3) is 0 Å². The van der Waals surface area contributed by atoms with Gasteiger partial charge in [0.25, 0.3) is 0 Å². The van der Waals surface area contributed by atoms with Gasteiger partial charge in [-0.25, -0.2) is 25.1 Å². The molecule has 0 N–H and O–H groups in total. The largest absolute Gasteiger partial charge is 3.00 e. The Morgan fingerprint density at radius 1 is 1.17 bits per heavy atom. The topological polar surface area (TPSA) is 0 Å². The van der Waals surface area contributed by atoms with Crippen molar-refractivity contribution in [2.24, 2.45) is 0 Å². The van der Waals surface area contributed by atoms with Gasteiger partial charge in [0.2, 0.25) is 0 Å². The van der Waals surface area contributed by atoms with Crippen molar-refractivity contribution in [3.63, 3.8) is 0 Å². The molecule has 67 valence electrons. The van der Waals surface area contributed by atoms with Crippen LogP contribution >= 0.6 is 8.20 Å². The Balaban J connectivity index is -0.000000270. The molecule has 1 radical (unpaired) electrons. The van der Waals surface area contributed by atoms with Crippen molar-refractivity contribution in [3.8, 4) is 0 Å². The Kier molecular flexibility index (Phi) is 10.4. The first-order valence-corrected chi connectivity index (χ1v) is 4.09. The van der Waals surface area contributed by atoms with E-state index in [0.717, 1.165) is 0 Å². The molecule has 0 amide bonds. The molecule has 0 atom stereocenters.